The highest BCUT2D eigenvalue weighted by molar-refractivity contribution is 5.81. The number of rotatable bonds is 5. The molecule has 0 aliphatic carbocycles. The Kier molecular flexibility index (Phi) is 5.33. The van der Waals surface area contributed by atoms with Gasteiger partial charge in [0, 0.05) is 36.4 Å². The molecule has 8 nitrogen and oxygen atoms in total. The van der Waals surface area contributed by atoms with Crippen molar-refractivity contribution in [3.8, 4) is 11.5 Å². The molecule has 0 spiro atoms. The lowest BCUT2D eigenvalue weighted by molar-refractivity contribution is -0.136. The summed E-state index contributed by atoms with van der Waals surface area (Å²) in [4.78, 5) is 33.7. The molecule has 1 saturated heterocycles. The number of piperazine rings is 1. The van der Waals surface area contributed by atoms with Crippen molar-refractivity contribution in [1.29, 1.82) is 0 Å². The number of hydrogen-bond donors (Lipinski definition) is 2. The van der Waals surface area contributed by atoms with Crippen molar-refractivity contribution in [3.63, 3.8) is 0 Å². The number of H-pyrrole nitrogens is 1. The maximum Gasteiger partial charge on any atom is 0.225 e. The fourth-order valence-corrected chi connectivity index (χ4v) is 3.83. The molecule has 3 aromatic rings. The third kappa shape index (κ3) is 3.74. The number of carbonyl (C=O) groups excluding carboxylic acids is 1. The van der Waals surface area contributed by atoms with Gasteiger partial charge in [-0.15, -0.1) is 0 Å². The van der Waals surface area contributed by atoms with Gasteiger partial charge in [0.25, 0.3) is 0 Å². The van der Waals surface area contributed by atoms with Crippen LogP contribution in [0.4, 0.5) is 11.6 Å². The van der Waals surface area contributed by atoms with Gasteiger partial charge in [0.1, 0.15) is 5.82 Å². The number of hydrogen-bond acceptors (Lipinski definition) is 6. The van der Waals surface area contributed by atoms with Crippen LogP contribution in [0, 0.1) is 5.92 Å². The Balaban J connectivity index is 0.00000171. The average molecular weight is 400 g/mol. The molecule has 8 heteroatoms. The second kappa shape index (κ2) is 8.06. The first-order chi connectivity index (χ1) is 14.1. The predicted octanol–water partition coefficient (Wildman–Crippen LogP) is 3.42. The number of benzene rings is 1. The van der Waals surface area contributed by atoms with Crippen molar-refractivity contribution >= 4 is 28.6 Å². The van der Waals surface area contributed by atoms with Crippen molar-refractivity contribution in [1.82, 2.24) is 24.8 Å². The second-order valence-corrected chi connectivity index (χ2v) is 7.39. The largest absolute Gasteiger partial charge is 0.382 e. The Morgan fingerprint density at radius 2 is 1.90 bits per heavy atom. The fourth-order valence-electron chi connectivity index (χ4n) is 3.83. The van der Waals surface area contributed by atoms with Crippen LogP contribution in [0.1, 0.15) is 31.0 Å². The average Bonchev–Trinajstić information content (AvgIpc) is 3.19. The zero-order chi connectivity index (χ0) is 20.4. The van der Waals surface area contributed by atoms with Crippen LogP contribution in [0.25, 0.3) is 22.6 Å². The van der Waals surface area contributed by atoms with E-state index in [1.165, 1.54) is 0 Å². The third-order valence-electron chi connectivity index (χ3n) is 5.65. The van der Waals surface area contributed by atoms with Crippen LogP contribution in [0.2, 0.25) is 0 Å². The number of fused-ring (bicyclic) bond motifs is 1. The molecule has 0 saturated carbocycles. The van der Waals surface area contributed by atoms with Crippen LogP contribution < -0.4 is 10.6 Å². The van der Waals surface area contributed by atoms with E-state index in [1.807, 2.05) is 29.2 Å². The number of nitrogen functional groups attached to an aromatic ring is 1. The molecule has 3 N–H and O–H groups in total. The molecule has 0 radical (unpaired) electrons. The third-order valence-corrected chi connectivity index (χ3v) is 5.65. The molecule has 2 aromatic heterocycles. The fraction of sp³-hybridized carbons (Fsp3) is 0.429. The van der Waals surface area contributed by atoms with Gasteiger partial charge in [-0.05, 0) is 25.0 Å². The molecule has 1 aliphatic heterocycles. The van der Waals surface area contributed by atoms with Crippen molar-refractivity contribution < 1.29 is 9.07 Å². The van der Waals surface area contributed by atoms with E-state index >= 15 is 0 Å². The number of para-hydroxylation sites is 2. The molecule has 158 valence electrons. The highest BCUT2D eigenvalue weighted by Gasteiger charge is 2.26. The predicted molar refractivity (Wildman–Crippen MR) is 121 cm³/mol. The molecule has 1 amide bonds. The van der Waals surface area contributed by atoms with Gasteiger partial charge in [-0.25, -0.2) is 15.0 Å². The number of imidazole rings is 1. The van der Waals surface area contributed by atoms with Gasteiger partial charge in [-0.3, -0.25) is 4.79 Å². The van der Waals surface area contributed by atoms with E-state index < -0.39 is 0 Å². The monoisotopic (exact) mass is 399 g/mol. The Morgan fingerprint density at radius 1 is 1.17 bits per heavy atom. The van der Waals surface area contributed by atoms with Crippen LogP contribution in [-0.2, 0) is 4.79 Å². The molecule has 1 aliphatic rings. The smallest absolute Gasteiger partial charge is 0.225 e. The van der Waals surface area contributed by atoms with Crippen molar-refractivity contribution in [2.24, 2.45) is 5.92 Å². The Bertz CT molecular complexity index is 985. The first kappa shape index (κ1) is 19.2. The number of aromatic amines is 1. The van der Waals surface area contributed by atoms with Crippen molar-refractivity contribution in [2.75, 3.05) is 36.8 Å². The van der Waals surface area contributed by atoms with Gasteiger partial charge in [0.15, 0.2) is 17.3 Å². The number of carbonyl (C=O) groups is 1. The summed E-state index contributed by atoms with van der Waals surface area (Å²) in [6, 6.07) is 7.81. The molecule has 1 aromatic carbocycles. The minimum absolute atomic E-state index is 0. The number of nitrogens with two attached hydrogens (primary N) is 1. The number of amides is 1. The molecular weight excluding hydrogens is 366 g/mol. The summed E-state index contributed by atoms with van der Waals surface area (Å²) in [6.07, 6.45) is 3.47. The quantitative estimate of drug-likeness (QED) is 0.681. The Hall–Kier alpha value is -3.16. The summed E-state index contributed by atoms with van der Waals surface area (Å²) < 4.78 is 0. The first-order valence-electron chi connectivity index (χ1n) is 10.2. The minimum Gasteiger partial charge on any atom is -0.382 e. The Labute approximate surface area is 174 Å². The molecule has 1 fully saturated rings. The van der Waals surface area contributed by atoms with E-state index in [1.54, 1.807) is 6.20 Å². The summed E-state index contributed by atoms with van der Waals surface area (Å²) in [7, 11) is 0. The van der Waals surface area contributed by atoms with Gasteiger partial charge in [-0.1, -0.05) is 26.0 Å². The van der Waals surface area contributed by atoms with E-state index in [0.717, 1.165) is 42.8 Å². The lowest BCUT2D eigenvalue weighted by atomic mass is 10.0. The molecule has 0 atom stereocenters. The SMILES string of the molecule is CCC(CC)C(=O)N1CCN(c2cnc(N)c(-c3nc4ccccc4[nH]3)n2)CC1.[HH].[HH].[HH]. The zero-order valence-corrected chi connectivity index (χ0v) is 16.9. The van der Waals surface area contributed by atoms with E-state index in [0.29, 0.717) is 30.4 Å². The van der Waals surface area contributed by atoms with Crippen LogP contribution in [0.3, 0.4) is 0 Å². The standard InChI is InChI=1S/C21H27N7O.3H2/c1-3-14(4-2)21(29)28-11-9-27(10-12-28)17-13-23-19(22)18(26-17)20-24-15-7-5-6-8-16(15)25-20;;;/h5-8,13-14H,3-4,9-12H2,1-2H3,(H2,22,23)(H,24,25);3*1H. The second-order valence-electron chi connectivity index (χ2n) is 7.39. The normalized spacial score (nSPS) is 14.7. The van der Waals surface area contributed by atoms with Crippen LogP contribution >= 0.6 is 0 Å². The first-order valence-corrected chi connectivity index (χ1v) is 10.2. The van der Waals surface area contributed by atoms with Gasteiger partial charge >= 0.3 is 0 Å². The number of nitrogens with one attached hydrogen (secondary N) is 1. The molecule has 4 rings (SSSR count). The maximum absolute atomic E-state index is 12.6. The number of nitrogens with zero attached hydrogens (tertiary/aromatic N) is 5. The number of aromatic nitrogens is 4. The lowest BCUT2D eigenvalue weighted by Crippen LogP contribution is -2.50. The zero-order valence-electron chi connectivity index (χ0n) is 16.9. The molecule has 0 unspecified atom stereocenters. The highest BCUT2D eigenvalue weighted by Crippen LogP contribution is 2.25. The minimum atomic E-state index is 0. The summed E-state index contributed by atoms with van der Waals surface area (Å²) in [5, 5.41) is 0. The van der Waals surface area contributed by atoms with Crippen molar-refractivity contribution in [2.45, 2.75) is 26.7 Å². The highest BCUT2D eigenvalue weighted by atomic mass is 16.2. The van der Waals surface area contributed by atoms with Gasteiger partial charge in [0.05, 0.1) is 17.2 Å². The molecule has 3 heterocycles. The van der Waals surface area contributed by atoms with Gasteiger partial charge in [-0.2, -0.15) is 0 Å². The van der Waals surface area contributed by atoms with Crippen molar-refractivity contribution in [3.05, 3.63) is 30.5 Å². The van der Waals surface area contributed by atoms with Crippen LogP contribution in [-0.4, -0.2) is 56.9 Å². The topological polar surface area (TPSA) is 104 Å². The van der Waals surface area contributed by atoms with Gasteiger partial charge < -0.3 is 20.5 Å². The van der Waals surface area contributed by atoms with E-state index in [2.05, 4.69) is 33.7 Å². The van der Waals surface area contributed by atoms with E-state index in [9.17, 15) is 4.79 Å². The van der Waals surface area contributed by atoms with E-state index in [4.69, 9.17) is 10.7 Å². The number of anilines is 2. The van der Waals surface area contributed by atoms with Crippen LogP contribution in [0.5, 0.6) is 0 Å². The lowest BCUT2D eigenvalue weighted by Gasteiger charge is -2.36. The summed E-state index contributed by atoms with van der Waals surface area (Å²) in [6.45, 7) is 6.99. The molecule has 29 heavy (non-hydrogen) atoms. The summed E-state index contributed by atoms with van der Waals surface area (Å²) in [5.74, 6) is 2.10. The van der Waals surface area contributed by atoms with Gasteiger partial charge in [0.2, 0.25) is 5.91 Å². The van der Waals surface area contributed by atoms with Crippen LogP contribution in [0.15, 0.2) is 30.5 Å². The summed E-state index contributed by atoms with van der Waals surface area (Å²) >= 11 is 0. The molecule has 0 bridgehead atoms. The van der Waals surface area contributed by atoms with E-state index in [-0.39, 0.29) is 16.1 Å². The summed E-state index contributed by atoms with van der Waals surface area (Å²) in [5.41, 5.74) is 8.44. The Morgan fingerprint density at radius 3 is 2.59 bits per heavy atom. The molecular formula is C21H33N7O. The maximum atomic E-state index is 12.6.